The minimum atomic E-state index is 0.156. The summed E-state index contributed by atoms with van der Waals surface area (Å²) in [4.78, 5) is 20.0. The molecule has 1 heterocycles. The highest BCUT2D eigenvalue weighted by Crippen LogP contribution is 2.35. The molecular weight excluding hydrogens is 252 g/mol. The van der Waals surface area contributed by atoms with Crippen molar-refractivity contribution in [2.75, 3.05) is 40.8 Å². The normalized spacial score (nSPS) is 26.4. The maximum atomic E-state index is 11.6. The first-order valence-electron chi connectivity index (χ1n) is 7.77. The van der Waals surface area contributed by atoms with Gasteiger partial charge in [-0.3, -0.25) is 9.79 Å². The molecule has 114 valence electrons. The standard InChI is InChI=1S/C15H28N4O/c1-16-15(17-9-8-14(20)18(2)3)19-10-12-6-4-5-7-13(12)11-19/h12-13H,4-11H2,1-3H3,(H,16,17). The summed E-state index contributed by atoms with van der Waals surface area (Å²) in [6.07, 6.45) is 6.04. The van der Waals surface area contributed by atoms with E-state index in [0.717, 1.165) is 30.9 Å². The van der Waals surface area contributed by atoms with Gasteiger partial charge in [0.25, 0.3) is 0 Å². The predicted molar refractivity (Wildman–Crippen MR) is 81.7 cm³/mol. The van der Waals surface area contributed by atoms with E-state index in [1.807, 2.05) is 7.05 Å². The molecule has 0 aromatic rings. The summed E-state index contributed by atoms with van der Waals surface area (Å²) < 4.78 is 0. The summed E-state index contributed by atoms with van der Waals surface area (Å²) in [7, 11) is 5.42. The lowest BCUT2D eigenvalue weighted by Crippen LogP contribution is -2.41. The number of carbonyl (C=O) groups is 1. The zero-order valence-electron chi connectivity index (χ0n) is 13.1. The second kappa shape index (κ2) is 6.95. The SMILES string of the molecule is CN=C(NCCC(=O)N(C)C)N1CC2CCCCC2C1. The maximum Gasteiger partial charge on any atom is 0.223 e. The largest absolute Gasteiger partial charge is 0.356 e. The molecule has 1 saturated heterocycles. The summed E-state index contributed by atoms with van der Waals surface area (Å²) in [6.45, 7) is 2.92. The third-order valence-electron chi connectivity index (χ3n) is 4.61. The van der Waals surface area contributed by atoms with Crippen LogP contribution in [0.4, 0.5) is 0 Å². The van der Waals surface area contributed by atoms with Crippen LogP contribution < -0.4 is 5.32 Å². The van der Waals surface area contributed by atoms with E-state index in [0.29, 0.717) is 13.0 Å². The van der Waals surface area contributed by atoms with Gasteiger partial charge in [-0.05, 0) is 24.7 Å². The van der Waals surface area contributed by atoms with Crippen LogP contribution in [0.5, 0.6) is 0 Å². The van der Waals surface area contributed by atoms with Crippen molar-refractivity contribution in [2.24, 2.45) is 16.8 Å². The van der Waals surface area contributed by atoms with Gasteiger partial charge >= 0.3 is 0 Å². The van der Waals surface area contributed by atoms with Gasteiger partial charge in [-0.2, -0.15) is 0 Å². The number of carbonyl (C=O) groups excluding carboxylic acids is 1. The molecule has 1 aliphatic carbocycles. The fourth-order valence-corrected chi connectivity index (χ4v) is 3.42. The Kier molecular flexibility index (Phi) is 5.26. The van der Waals surface area contributed by atoms with Gasteiger partial charge in [0.1, 0.15) is 0 Å². The summed E-state index contributed by atoms with van der Waals surface area (Å²) in [5.41, 5.74) is 0. The van der Waals surface area contributed by atoms with E-state index in [1.54, 1.807) is 19.0 Å². The Bertz CT molecular complexity index is 353. The fourth-order valence-electron chi connectivity index (χ4n) is 3.42. The lowest BCUT2D eigenvalue weighted by Gasteiger charge is -2.22. The number of guanidine groups is 1. The Morgan fingerprint density at radius 3 is 2.35 bits per heavy atom. The van der Waals surface area contributed by atoms with Crippen LogP contribution in [0.2, 0.25) is 0 Å². The molecule has 5 nitrogen and oxygen atoms in total. The number of rotatable bonds is 3. The number of nitrogens with one attached hydrogen (secondary N) is 1. The molecule has 2 aliphatic rings. The number of amides is 1. The van der Waals surface area contributed by atoms with E-state index in [9.17, 15) is 4.79 Å². The number of fused-ring (bicyclic) bond motifs is 1. The Labute approximate surface area is 122 Å². The Morgan fingerprint density at radius 2 is 1.85 bits per heavy atom. The van der Waals surface area contributed by atoms with Gasteiger partial charge in [0.15, 0.2) is 5.96 Å². The molecule has 2 rings (SSSR count). The fraction of sp³-hybridized carbons (Fsp3) is 0.867. The van der Waals surface area contributed by atoms with E-state index >= 15 is 0 Å². The highest BCUT2D eigenvalue weighted by Gasteiger charge is 2.35. The van der Waals surface area contributed by atoms with Crippen LogP contribution in [-0.4, -0.2) is 62.4 Å². The summed E-state index contributed by atoms with van der Waals surface area (Å²) >= 11 is 0. The van der Waals surface area contributed by atoms with Crippen molar-refractivity contribution < 1.29 is 4.79 Å². The molecule has 1 N–H and O–H groups in total. The van der Waals surface area contributed by atoms with Crippen LogP contribution in [0.25, 0.3) is 0 Å². The second-order valence-corrected chi connectivity index (χ2v) is 6.22. The molecule has 0 radical (unpaired) electrons. The molecule has 0 spiro atoms. The minimum Gasteiger partial charge on any atom is -0.356 e. The first-order valence-corrected chi connectivity index (χ1v) is 7.77. The number of hydrogen-bond acceptors (Lipinski definition) is 2. The molecule has 2 atom stereocenters. The molecule has 0 aromatic heterocycles. The molecular formula is C15H28N4O. The highest BCUT2D eigenvalue weighted by atomic mass is 16.2. The molecule has 5 heteroatoms. The van der Waals surface area contributed by atoms with Crippen molar-refractivity contribution in [1.82, 2.24) is 15.1 Å². The van der Waals surface area contributed by atoms with Gasteiger partial charge in [-0.25, -0.2) is 0 Å². The van der Waals surface area contributed by atoms with Gasteiger partial charge in [-0.1, -0.05) is 12.8 Å². The average molecular weight is 280 g/mol. The van der Waals surface area contributed by atoms with Crippen molar-refractivity contribution >= 4 is 11.9 Å². The zero-order valence-corrected chi connectivity index (χ0v) is 13.1. The van der Waals surface area contributed by atoms with Gasteiger partial charge < -0.3 is 15.1 Å². The first kappa shape index (κ1) is 15.1. The highest BCUT2D eigenvalue weighted by molar-refractivity contribution is 5.81. The minimum absolute atomic E-state index is 0.156. The molecule has 1 aliphatic heterocycles. The first-order chi connectivity index (χ1) is 9.61. The summed E-state index contributed by atoms with van der Waals surface area (Å²) in [5, 5.41) is 3.34. The van der Waals surface area contributed by atoms with Crippen LogP contribution in [0.1, 0.15) is 32.1 Å². The van der Waals surface area contributed by atoms with Crippen LogP contribution >= 0.6 is 0 Å². The number of hydrogen-bond donors (Lipinski definition) is 1. The second-order valence-electron chi connectivity index (χ2n) is 6.22. The van der Waals surface area contributed by atoms with Crippen molar-refractivity contribution in [1.29, 1.82) is 0 Å². The van der Waals surface area contributed by atoms with Gasteiger partial charge in [0.05, 0.1) is 0 Å². The molecule has 0 bridgehead atoms. The molecule has 1 saturated carbocycles. The molecule has 1 amide bonds. The molecule has 20 heavy (non-hydrogen) atoms. The quantitative estimate of drug-likeness (QED) is 0.623. The van der Waals surface area contributed by atoms with E-state index in [2.05, 4.69) is 15.2 Å². The smallest absolute Gasteiger partial charge is 0.223 e. The number of likely N-dealkylation sites (tertiary alicyclic amines) is 1. The Balaban J connectivity index is 1.79. The van der Waals surface area contributed by atoms with Crippen LogP contribution in [0.3, 0.4) is 0 Å². The lowest BCUT2D eigenvalue weighted by atomic mass is 9.82. The summed E-state index contributed by atoms with van der Waals surface area (Å²) in [5.74, 6) is 2.82. The Morgan fingerprint density at radius 1 is 1.25 bits per heavy atom. The van der Waals surface area contributed by atoms with Crippen LogP contribution in [0.15, 0.2) is 4.99 Å². The summed E-state index contributed by atoms with van der Waals surface area (Å²) in [6, 6.07) is 0. The monoisotopic (exact) mass is 280 g/mol. The number of aliphatic imine (C=N–C) groups is 1. The Hall–Kier alpha value is -1.26. The molecule has 2 unspecified atom stereocenters. The third-order valence-corrected chi connectivity index (χ3v) is 4.61. The van der Waals surface area contributed by atoms with Gasteiger partial charge in [-0.15, -0.1) is 0 Å². The van der Waals surface area contributed by atoms with Crippen molar-refractivity contribution in [3.8, 4) is 0 Å². The number of nitrogens with zero attached hydrogens (tertiary/aromatic N) is 3. The molecule has 2 fully saturated rings. The van der Waals surface area contributed by atoms with E-state index in [-0.39, 0.29) is 5.91 Å². The average Bonchev–Trinajstić information content (AvgIpc) is 2.86. The van der Waals surface area contributed by atoms with Crippen molar-refractivity contribution in [3.63, 3.8) is 0 Å². The predicted octanol–water partition coefficient (Wildman–Crippen LogP) is 1.16. The van der Waals surface area contributed by atoms with E-state index in [4.69, 9.17) is 0 Å². The van der Waals surface area contributed by atoms with Gasteiger partial charge in [0, 0.05) is 47.2 Å². The third kappa shape index (κ3) is 3.64. The topological polar surface area (TPSA) is 47.9 Å². The van der Waals surface area contributed by atoms with Crippen molar-refractivity contribution in [3.05, 3.63) is 0 Å². The molecule has 0 aromatic carbocycles. The lowest BCUT2D eigenvalue weighted by molar-refractivity contribution is -0.128. The van der Waals surface area contributed by atoms with E-state index in [1.165, 1.54) is 25.7 Å². The maximum absolute atomic E-state index is 11.6. The van der Waals surface area contributed by atoms with E-state index < -0.39 is 0 Å². The zero-order chi connectivity index (χ0) is 14.5. The van der Waals surface area contributed by atoms with Crippen molar-refractivity contribution in [2.45, 2.75) is 32.1 Å². The van der Waals surface area contributed by atoms with Crippen LogP contribution in [0, 0.1) is 11.8 Å². The van der Waals surface area contributed by atoms with Gasteiger partial charge in [0.2, 0.25) is 5.91 Å². The van der Waals surface area contributed by atoms with Crippen LogP contribution in [-0.2, 0) is 4.79 Å².